The van der Waals surface area contributed by atoms with Gasteiger partial charge in [0.15, 0.2) is 5.82 Å². The molecule has 1 fully saturated rings. The van der Waals surface area contributed by atoms with Gasteiger partial charge in [0.25, 0.3) is 5.91 Å². The van der Waals surface area contributed by atoms with Gasteiger partial charge in [-0.25, -0.2) is 0 Å². The van der Waals surface area contributed by atoms with Crippen LogP contribution in [0.3, 0.4) is 0 Å². The van der Waals surface area contributed by atoms with Crippen LogP contribution in [0.4, 0.5) is 5.82 Å². The number of aryl methyl sites for hydroxylation is 3. The molecule has 0 radical (unpaired) electrons. The molecule has 7 nitrogen and oxygen atoms in total. The minimum Gasteiger partial charge on any atom is -0.353 e. The highest BCUT2D eigenvalue weighted by molar-refractivity contribution is 5.92. The van der Waals surface area contributed by atoms with Crippen molar-refractivity contribution >= 4 is 11.7 Å². The second-order valence-corrected chi connectivity index (χ2v) is 6.15. The predicted molar refractivity (Wildman–Crippen MR) is 92.1 cm³/mol. The van der Waals surface area contributed by atoms with Gasteiger partial charge in [0.2, 0.25) is 0 Å². The second-order valence-electron chi connectivity index (χ2n) is 6.15. The van der Waals surface area contributed by atoms with E-state index in [1.807, 2.05) is 43.9 Å². The molecule has 24 heavy (non-hydrogen) atoms. The van der Waals surface area contributed by atoms with Crippen LogP contribution in [0.5, 0.6) is 0 Å². The Morgan fingerprint density at radius 1 is 1.08 bits per heavy atom. The molecule has 0 aliphatic carbocycles. The third-order valence-corrected chi connectivity index (χ3v) is 4.31. The Kier molecular flexibility index (Phi) is 4.78. The Bertz CT molecular complexity index is 708. The van der Waals surface area contributed by atoms with Gasteiger partial charge in [-0.05, 0) is 45.4 Å². The maximum absolute atomic E-state index is 12.9. The summed E-state index contributed by atoms with van der Waals surface area (Å²) >= 11 is 0. The van der Waals surface area contributed by atoms with E-state index in [-0.39, 0.29) is 5.91 Å². The lowest BCUT2D eigenvalue weighted by Gasteiger charge is -2.22. The van der Waals surface area contributed by atoms with Gasteiger partial charge in [-0.15, -0.1) is 5.10 Å². The fourth-order valence-electron chi connectivity index (χ4n) is 3.03. The van der Waals surface area contributed by atoms with E-state index in [4.69, 9.17) is 0 Å². The number of aromatic nitrogens is 4. The first kappa shape index (κ1) is 16.4. The Balaban J connectivity index is 1.70. The quantitative estimate of drug-likeness (QED) is 0.857. The van der Waals surface area contributed by atoms with Crippen molar-refractivity contribution in [1.29, 1.82) is 0 Å². The summed E-state index contributed by atoms with van der Waals surface area (Å²) in [6, 6.07) is 5.84. The highest BCUT2D eigenvalue weighted by Crippen LogP contribution is 2.15. The molecule has 1 saturated heterocycles. The summed E-state index contributed by atoms with van der Waals surface area (Å²) < 4.78 is 1.78. The minimum atomic E-state index is 0.0642. The first-order valence-electron chi connectivity index (χ1n) is 8.47. The predicted octanol–water partition coefficient (Wildman–Crippen LogP) is 1.66. The van der Waals surface area contributed by atoms with E-state index >= 15 is 0 Å². The van der Waals surface area contributed by atoms with E-state index in [9.17, 15) is 4.79 Å². The zero-order chi connectivity index (χ0) is 17.1. The Hall–Kier alpha value is -2.44. The minimum absolute atomic E-state index is 0.0642. The smallest absolute Gasteiger partial charge is 0.272 e. The Labute approximate surface area is 142 Å². The van der Waals surface area contributed by atoms with Gasteiger partial charge in [-0.2, -0.15) is 10.2 Å². The summed E-state index contributed by atoms with van der Waals surface area (Å²) in [5.41, 5.74) is 2.47. The van der Waals surface area contributed by atoms with Crippen LogP contribution in [0, 0.1) is 13.8 Å². The van der Waals surface area contributed by atoms with Crippen molar-refractivity contribution in [2.75, 3.05) is 31.1 Å². The van der Waals surface area contributed by atoms with Crippen LogP contribution in [0.25, 0.3) is 0 Å². The first-order chi connectivity index (χ1) is 11.6. The third-order valence-electron chi connectivity index (χ3n) is 4.31. The molecule has 0 saturated carbocycles. The lowest BCUT2D eigenvalue weighted by molar-refractivity contribution is 0.0754. The lowest BCUT2D eigenvalue weighted by atomic mass is 10.3. The van der Waals surface area contributed by atoms with E-state index in [0.29, 0.717) is 18.8 Å². The van der Waals surface area contributed by atoms with Crippen LogP contribution < -0.4 is 4.90 Å². The van der Waals surface area contributed by atoms with Crippen molar-refractivity contribution < 1.29 is 4.79 Å². The molecule has 7 heteroatoms. The number of nitrogens with zero attached hydrogens (tertiary/aromatic N) is 6. The van der Waals surface area contributed by atoms with Gasteiger partial charge in [0.05, 0.1) is 11.4 Å². The van der Waals surface area contributed by atoms with Crippen LogP contribution in [0.1, 0.15) is 35.2 Å². The summed E-state index contributed by atoms with van der Waals surface area (Å²) in [5, 5.41) is 12.8. The standard InChI is InChI=1S/C17H24N6O/c1-4-23-15(12-14(3)20-23)17(24)22-9-5-8-21(10-11-22)16-7-6-13(2)18-19-16/h6-7,12H,4-5,8-11H2,1-3H3. The molecule has 2 aromatic rings. The number of carbonyl (C=O) groups is 1. The maximum atomic E-state index is 12.9. The van der Waals surface area contributed by atoms with Gasteiger partial charge in [0.1, 0.15) is 5.69 Å². The van der Waals surface area contributed by atoms with Crippen LogP contribution in [0.2, 0.25) is 0 Å². The van der Waals surface area contributed by atoms with E-state index in [1.54, 1.807) is 4.68 Å². The molecule has 3 rings (SSSR count). The number of rotatable bonds is 3. The fraction of sp³-hybridized carbons (Fsp3) is 0.529. The number of anilines is 1. The highest BCUT2D eigenvalue weighted by atomic mass is 16.2. The summed E-state index contributed by atoms with van der Waals surface area (Å²) in [5.74, 6) is 0.943. The lowest BCUT2D eigenvalue weighted by Crippen LogP contribution is -2.36. The number of carbonyl (C=O) groups excluding carboxylic acids is 1. The Morgan fingerprint density at radius 2 is 1.92 bits per heavy atom. The third kappa shape index (κ3) is 3.39. The van der Waals surface area contributed by atoms with Crippen molar-refractivity contribution in [3.8, 4) is 0 Å². The Morgan fingerprint density at radius 3 is 2.62 bits per heavy atom. The zero-order valence-corrected chi connectivity index (χ0v) is 14.6. The summed E-state index contributed by atoms with van der Waals surface area (Å²) in [6.45, 7) is 9.64. The molecule has 0 bridgehead atoms. The van der Waals surface area contributed by atoms with Crippen LogP contribution in [-0.4, -0.2) is 57.0 Å². The molecule has 0 atom stereocenters. The van der Waals surface area contributed by atoms with Crippen molar-refractivity contribution in [3.05, 3.63) is 35.3 Å². The van der Waals surface area contributed by atoms with Crippen molar-refractivity contribution in [1.82, 2.24) is 24.9 Å². The van der Waals surface area contributed by atoms with Gasteiger partial charge >= 0.3 is 0 Å². The molecule has 1 aliphatic rings. The largest absolute Gasteiger partial charge is 0.353 e. The molecule has 2 aromatic heterocycles. The average Bonchev–Trinajstić information content (AvgIpc) is 2.80. The molecule has 3 heterocycles. The van der Waals surface area contributed by atoms with E-state index in [1.165, 1.54) is 0 Å². The van der Waals surface area contributed by atoms with Gasteiger partial charge in [0, 0.05) is 32.7 Å². The topological polar surface area (TPSA) is 67.2 Å². The van der Waals surface area contributed by atoms with E-state index in [0.717, 1.165) is 43.3 Å². The van der Waals surface area contributed by atoms with Crippen molar-refractivity contribution in [3.63, 3.8) is 0 Å². The summed E-state index contributed by atoms with van der Waals surface area (Å²) in [4.78, 5) is 17.0. The second kappa shape index (κ2) is 6.98. The molecular weight excluding hydrogens is 304 g/mol. The fourth-order valence-corrected chi connectivity index (χ4v) is 3.03. The first-order valence-corrected chi connectivity index (χ1v) is 8.47. The van der Waals surface area contributed by atoms with Crippen molar-refractivity contribution in [2.45, 2.75) is 33.7 Å². The average molecular weight is 328 g/mol. The molecule has 0 unspecified atom stereocenters. The zero-order valence-electron chi connectivity index (χ0n) is 14.6. The maximum Gasteiger partial charge on any atom is 0.272 e. The monoisotopic (exact) mass is 328 g/mol. The van der Waals surface area contributed by atoms with E-state index < -0.39 is 0 Å². The van der Waals surface area contributed by atoms with Crippen LogP contribution >= 0.6 is 0 Å². The molecule has 1 aliphatic heterocycles. The molecule has 0 N–H and O–H groups in total. The van der Waals surface area contributed by atoms with Crippen LogP contribution in [-0.2, 0) is 6.54 Å². The van der Waals surface area contributed by atoms with Crippen LogP contribution in [0.15, 0.2) is 18.2 Å². The highest BCUT2D eigenvalue weighted by Gasteiger charge is 2.23. The molecule has 0 spiro atoms. The summed E-state index contributed by atoms with van der Waals surface area (Å²) in [6.07, 6.45) is 0.917. The van der Waals surface area contributed by atoms with Gasteiger partial charge in [-0.3, -0.25) is 9.48 Å². The van der Waals surface area contributed by atoms with Crippen molar-refractivity contribution in [2.24, 2.45) is 0 Å². The molecule has 128 valence electrons. The van der Waals surface area contributed by atoms with E-state index in [2.05, 4.69) is 20.2 Å². The SMILES string of the molecule is CCn1nc(C)cc1C(=O)N1CCCN(c2ccc(C)nn2)CC1. The normalized spacial score (nSPS) is 15.5. The molecular formula is C17H24N6O. The van der Waals surface area contributed by atoms with Gasteiger partial charge < -0.3 is 9.80 Å². The number of hydrogen-bond acceptors (Lipinski definition) is 5. The van der Waals surface area contributed by atoms with Gasteiger partial charge in [-0.1, -0.05) is 0 Å². The summed E-state index contributed by atoms with van der Waals surface area (Å²) in [7, 11) is 0. The molecule has 0 aromatic carbocycles. The molecule has 1 amide bonds. The number of amides is 1. The number of hydrogen-bond donors (Lipinski definition) is 0.